The molecule has 1 saturated heterocycles. The monoisotopic (exact) mass is 359 g/mol. The van der Waals surface area contributed by atoms with Crippen LogP contribution in [0.25, 0.3) is 0 Å². The molecule has 1 aliphatic heterocycles. The van der Waals surface area contributed by atoms with Gasteiger partial charge in [0, 0.05) is 26.7 Å². The molecule has 1 aromatic rings. The lowest BCUT2D eigenvalue weighted by Crippen LogP contribution is -2.40. The molecule has 1 unspecified atom stereocenters. The molecule has 140 valence electrons. The number of carbonyl (C=O) groups excluding carboxylic acids is 1. The van der Waals surface area contributed by atoms with Crippen molar-refractivity contribution < 1.29 is 28.2 Å². The fourth-order valence-corrected chi connectivity index (χ4v) is 3.13. The summed E-state index contributed by atoms with van der Waals surface area (Å²) in [4.78, 5) is 25.5. The average Bonchev–Trinajstić information content (AvgIpc) is 3.11. The van der Waals surface area contributed by atoms with Crippen molar-refractivity contribution in [3.63, 3.8) is 0 Å². The second-order valence-electron chi connectivity index (χ2n) is 6.82. The molecule has 2 heterocycles. The van der Waals surface area contributed by atoms with Gasteiger partial charge in [0.2, 0.25) is 0 Å². The van der Waals surface area contributed by atoms with E-state index in [1.54, 1.807) is 0 Å². The van der Waals surface area contributed by atoms with Gasteiger partial charge in [-0.05, 0) is 12.3 Å². The van der Waals surface area contributed by atoms with Gasteiger partial charge >= 0.3 is 5.97 Å². The van der Waals surface area contributed by atoms with Gasteiger partial charge < -0.3 is 14.7 Å². The number of amides is 1. The Bertz CT molecular complexity index is 647. The van der Waals surface area contributed by atoms with Crippen molar-refractivity contribution in [3.8, 4) is 0 Å². The highest BCUT2D eigenvalue weighted by Crippen LogP contribution is 2.33. The minimum absolute atomic E-state index is 0.0412. The van der Waals surface area contributed by atoms with E-state index in [1.807, 2.05) is 13.8 Å². The fraction of sp³-hybridized carbons (Fsp3) is 0.688. The van der Waals surface area contributed by atoms with E-state index in [1.165, 1.54) is 12.0 Å². The van der Waals surface area contributed by atoms with Gasteiger partial charge in [0.25, 0.3) is 12.3 Å². The summed E-state index contributed by atoms with van der Waals surface area (Å²) in [6.07, 6.45) is -1.49. The summed E-state index contributed by atoms with van der Waals surface area (Å²) in [5.74, 6) is -1.59. The quantitative estimate of drug-likeness (QED) is 0.805. The Kier molecular flexibility index (Phi) is 5.76. The van der Waals surface area contributed by atoms with Gasteiger partial charge in [-0.15, -0.1) is 0 Å². The lowest BCUT2D eigenvalue weighted by Gasteiger charge is -2.23. The number of carboxylic acids is 1. The molecule has 1 atom stereocenters. The standard InChI is InChI=1S/C16H23F2N3O4/c1-10(2)7-21-12(13(17)18)11(6-19-21)14(22)20-5-4-16(8-20,9-25-3)15(23)24/h6,10,13H,4-5,7-9H2,1-3H3,(H,23,24). The number of nitrogens with zero attached hydrogens (tertiary/aromatic N) is 3. The van der Waals surface area contributed by atoms with Crippen molar-refractivity contribution in [2.24, 2.45) is 11.3 Å². The molecule has 1 aromatic heterocycles. The van der Waals surface area contributed by atoms with Gasteiger partial charge in [0.05, 0.1) is 18.4 Å². The Morgan fingerprint density at radius 2 is 2.12 bits per heavy atom. The Balaban J connectivity index is 2.27. The van der Waals surface area contributed by atoms with E-state index in [0.29, 0.717) is 0 Å². The lowest BCUT2D eigenvalue weighted by molar-refractivity contribution is -0.151. The topological polar surface area (TPSA) is 84.7 Å². The maximum atomic E-state index is 13.5. The van der Waals surface area contributed by atoms with Crippen LogP contribution >= 0.6 is 0 Å². The van der Waals surface area contributed by atoms with Crippen LogP contribution in [0.3, 0.4) is 0 Å². The molecule has 0 saturated carbocycles. The molecule has 1 N–H and O–H groups in total. The first-order valence-corrected chi connectivity index (χ1v) is 8.07. The van der Waals surface area contributed by atoms with E-state index < -0.39 is 29.4 Å². The van der Waals surface area contributed by atoms with Crippen molar-refractivity contribution in [1.82, 2.24) is 14.7 Å². The maximum Gasteiger partial charge on any atom is 0.313 e. The molecule has 1 aliphatic rings. The van der Waals surface area contributed by atoms with Crippen LogP contribution < -0.4 is 0 Å². The highest BCUT2D eigenvalue weighted by Gasteiger charge is 2.47. The van der Waals surface area contributed by atoms with Crippen LogP contribution in [0.5, 0.6) is 0 Å². The van der Waals surface area contributed by atoms with E-state index >= 15 is 0 Å². The van der Waals surface area contributed by atoms with Gasteiger partial charge in [0.1, 0.15) is 11.1 Å². The number of aliphatic carboxylic acids is 1. The second kappa shape index (κ2) is 7.47. The predicted octanol–water partition coefficient (Wildman–Crippen LogP) is 2.04. The van der Waals surface area contributed by atoms with Crippen LogP contribution in [0.15, 0.2) is 6.20 Å². The summed E-state index contributed by atoms with van der Waals surface area (Å²) < 4.78 is 33.1. The van der Waals surface area contributed by atoms with Crippen LogP contribution in [-0.2, 0) is 16.1 Å². The largest absolute Gasteiger partial charge is 0.481 e. The van der Waals surface area contributed by atoms with Crippen LogP contribution in [0.1, 0.15) is 42.7 Å². The number of likely N-dealkylation sites (tertiary alicyclic amines) is 1. The molecule has 2 rings (SSSR count). The lowest BCUT2D eigenvalue weighted by atomic mass is 9.88. The van der Waals surface area contributed by atoms with E-state index in [4.69, 9.17) is 4.74 Å². The smallest absolute Gasteiger partial charge is 0.313 e. The third-order valence-electron chi connectivity index (χ3n) is 4.37. The van der Waals surface area contributed by atoms with Crippen LogP contribution in [-0.4, -0.2) is 58.5 Å². The molecule has 9 heteroatoms. The zero-order chi connectivity index (χ0) is 18.8. The van der Waals surface area contributed by atoms with E-state index in [0.717, 1.165) is 10.9 Å². The highest BCUT2D eigenvalue weighted by atomic mass is 19.3. The van der Waals surface area contributed by atoms with E-state index in [-0.39, 0.29) is 44.1 Å². The van der Waals surface area contributed by atoms with Crippen molar-refractivity contribution in [1.29, 1.82) is 0 Å². The van der Waals surface area contributed by atoms with Crippen molar-refractivity contribution in [3.05, 3.63) is 17.5 Å². The Morgan fingerprint density at radius 1 is 1.44 bits per heavy atom. The molecule has 0 bridgehead atoms. The molecule has 0 radical (unpaired) electrons. The fourth-order valence-electron chi connectivity index (χ4n) is 3.13. The van der Waals surface area contributed by atoms with E-state index in [2.05, 4.69) is 5.10 Å². The van der Waals surface area contributed by atoms with Crippen LogP contribution in [0, 0.1) is 11.3 Å². The Labute approximate surface area is 144 Å². The Hall–Kier alpha value is -2.03. The summed E-state index contributed by atoms with van der Waals surface area (Å²) in [6.45, 7) is 4.06. The summed E-state index contributed by atoms with van der Waals surface area (Å²) in [6, 6.07) is 0. The van der Waals surface area contributed by atoms with Crippen LogP contribution in [0.2, 0.25) is 0 Å². The Morgan fingerprint density at radius 3 is 2.64 bits per heavy atom. The summed E-state index contributed by atoms with van der Waals surface area (Å²) in [5.41, 5.74) is -1.80. The first-order chi connectivity index (χ1) is 11.7. The first-order valence-electron chi connectivity index (χ1n) is 8.07. The number of ether oxygens (including phenoxy) is 1. The number of carboxylic acid groups (broad SMARTS) is 1. The minimum atomic E-state index is -2.84. The number of aromatic nitrogens is 2. The number of hydrogen-bond donors (Lipinski definition) is 1. The molecule has 7 nitrogen and oxygen atoms in total. The van der Waals surface area contributed by atoms with Gasteiger partial charge in [0.15, 0.2) is 0 Å². The zero-order valence-corrected chi connectivity index (χ0v) is 14.5. The summed E-state index contributed by atoms with van der Waals surface area (Å²) >= 11 is 0. The number of carbonyl (C=O) groups is 2. The molecule has 0 aromatic carbocycles. The minimum Gasteiger partial charge on any atom is -0.481 e. The molecular weight excluding hydrogens is 336 g/mol. The average molecular weight is 359 g/mol. The molecule has 0 aliphatic carbocycles. The van der Waals surface area contributed by atoms with E-state index in [9.17, 15) is 23.5 Å². The number of hydrogen-bond acceptors (Lipinski definition) is 4. The highest BCUT2D eigenvalue weighted by molar-refractivity contribution is 5.96. The number of halogens is 2. The van der Waals surface area contributed by atoms with Crippen molar-refractivity contribution in [2.75, 3.05) is 26.8 Å². The summed E-state index contributed by atoms with van der Waals surface area (Å²) in [7, 11) is 1.39. The predicted molar refractivity (Wildman–Crippen MR) is 84.5 cm³/mol. The van der Waals surface area contributed by atoms with Gasteiger partial charge in [-0.2, -0.15) is 5.10 Å². The molecule has 1 amide bonds. The van der Waals surface area contributed by atoms with Gasteiger partial charge in [-0.3, -0.25) is 14.3 Å². The summed E-state index contributed by atoms with van der Waals surface area (Å²) in [5, 5.41) is 13.4. The normalized spacial score (nSPS) is 20.7. The number of alkyl halides is 2. The molecule has 25 heavy (non-hydrogen) atoms. The second-order valence-corrected chi connectivity index (χ2v) is 6.82. The van der Waals surface area contributed by atoms with Crippen molar-refractivity contribution >= 4 is 11.9 Å². The zero-order valence-electron chi connectivity index (χ0n) is 14.5. The molecule has 1 fully saturated rings. The third kappa shape index (κ3) is 3.81. The maximum absolute atomic E-state index is 13.5. The van der Waals surface area contributed by atoms with Crippen LogP contribution in [0.4, 0.5) is 8.78 Å². The molecule has 0 spiro atoms. The molecular formula is C16H23F2N3O4. The third-order valence-corrected chi connectivity index (χ3v) is 4.37. The SMILES string of the molecule is COCC1(C(=O)O)CCN(C(=O)c2cnn(CC(C)C)c2C(F)F)C1. The van der Waals surface area contributed by atoms with Gasteiger partial charge in [-0.25, -0.2) is 8.78 Å². The number of methoxy groups -OCH3 is 1. The van der Waals surface area contributed by atoms with Gasteiger partial charge in [-0.1, -0.05) is 13.8 Å². The first kappa shape index (κ1) is 19.3. The van der Waals surface area contributed by atoms with Crippen molar-refractivity contribution in [2.45, 2.75) is 33.2 Å². The number of rotatable bonds is 7.